The predicted octanol–water partition coefficient (Wildman–Crippen LogP) is 3.07. The van der Waals surface area contributed by atoms with Gasteiger partial charge in [0.05, 0.1) is 26.2 Å². The van der Waals surface area contributed by atoms with Crippen molar-refractivity contribution in [1.29, 1.82) is 0 Å². The summed E-state index contributed by atoms with van der Waals surface area (Å²) in [5.74, 6) is 0. The number of aryl methyl sites for hydroxylation is 1. The van der Waals surface area contributed by atoms with Crippen LogP contribution >= 0.6 is 11.3 Å². The molecule has 0 bridgehead atoms. The normalized spacial score (nSPS) is 18.9. The minimum Gasteiger partial charge on any atom is -0.356 e. The number of carbonyl (C=O) groups is 1. The van der Waals surface area contributed by atoms with Crippen LogP contribution in [0.2, 0.25) is 0 Å². The van der Waals surface area contributed by atoms with E-state index in [0.717, 1.165) is 40.8 Å². The van der Waals surface area contributed by atoms with Crippen LogP contribution in [0.5, 0.6) is 0 Å². The van der Waals surface area contributed by atoms with E-state index in [4.69, 9.17) is 0 Å². The van der Waals surface area contributed by atoms with E-state index in [1.807, 2.05) is 11.8 Å². The second kappa shape index (κ2) is 5.40. The molecule has 110 valence electrons. The number of carbonyl (C=O) groups excluding carboxylic acids is 1. The van der Waals surface area contributed by atoms with Crippen molar-refractivity contribution in [2.75, 3.05) is 11.4 Å². The van der Waals surface area contributed by atoms with Crippen molar-refractivity contribution < 1.29 is 9.72 Å². The number of aromatic nitrogens is 1. The first-order valence-corrected chi connectivity index (χ1v) is 7.69. The highest BCUT2D eigenvalue weighted by molar-refractivity contribution is 7.18. The fourth-order valence-electron chi connectivity index (χ4n) is 2.84. The van der Waals surface area contributed by atoms with Gasteiger partial charge in [0, 0.05) is 12.6 Å². The molecule has 7 heteroatoms. The van der Waals surface area contributed by atoms with Crippen LogP contribution in [0.15, 0.2) is 12.1 Å². The number of anilines is 1. The lowest BCUT2D eigenvalue weighted by atomic mass is 10.0. The van der Waals surface area contributed by atoms with Crippen LogP contribution in [0.25, 0.3) is 10.2 Å². The number of hydrogen-bond acceptors (Lipinski definition) is 6. The first-order valence-electron chi connectivity index (χ1n) is 6.87. The van der Waals surface area contributed by atoms with Crippen LogP contribution < -0.4 is 4.90 Å². The zero-order valence-electron chi connectivity index (χ0n) is 11.6. The van der Waals surface area contributed by atoms with Crippen LogP contribution in [0.3, 0.4) is 0 Å². The summed E-state index contributed by atoms with van der Waals surface area (Å²) in [5.41, 5.74) is 1.32. The quantitative estimate of drug-likeness (QED) is 0.495. The molecular weight excluding hydrogens is 290 g/mol. The van der Waals surface area contributed by atoms with Crippen molar-refractivity contribution in [3.05, 3.63) is 27.3 Å². The van der Waals surface area contributed by atoms with Gasteiger partial charge < -0.3 is 9.69 Å². The van der Waals surface area contributed by atoms with Gasteiger partial charge in [-0.1, -0.05) is 0 Å². The Morgan fingerprint density at radius 1 is 1.48 bits per heavy atom. The molecule has 0 saturated carbocycles. The summed E-state index contributed by atoms with van der Waals surface area (Å²) in [6, 6.07) is 3.04. The first-order chi connectivity index (χ1) is 10.1. The van der Waals surface area contributed by atoms with Gasteiger partial charge in [-0.15, -0.1) is 11.3 Å². The van der Waals surface area contributed by atoms with Crippen molar-refractivity contribution in [3.8, 4) is 0 Å². The summed E-state index contributed by atoms with van der Waals surface area (Å²) < 4.78 is 0.808. The maximum absolute atomic E-state index is 11.4. The molecule has 0 amide bonds. The number of hydrogen-bond donors (Lipinski definition) is 0. The number of piperidine rings is 1. The van der Waals surface area contributed by atoms with Gasteiger partial charge in [0.15, 0.2) is 0 Å². The zero-order valence-corrected chi connectivity index (χ0v) is 12.4. The van der Waals surface area contributed by atoms with Gasteiger partial charge >= 0.3 is 0 Å². The summed E-state index contributed by atoms with van der Waals surface area (Å²) in [6.45, 7) is 2.55. The number of fused-ring (bicyclic) bond motifs is 1. The van der Waals surface area contributed by atoms with Crippen LogP contribution in [-0.2, 0) is 4.79 Å². The molecule has 0 radical (unpaired) electrons. The van der Waals surface area contributed by atoms with Crippen LogP contribution in [0.4, 0.5) is 11.4 Å². The SMILES string of the molecule is Cc1nc2cc(N3CCCCC3C=O)c([N+](=O)[O-])cc2s1. The van der Waals surface area contributed by atoms with Gasteiger partial charge in [-0.25, -0.2) is 4.98 Å². The Morgan fingerprint density at radius 3 is 3.00 bits per heavy atom. The van der Waals surface area contributed by atoms with Gasteiger partial charge in [0.25, 0.3) is 5.69 Å². The summed E-state index contributed by atoms with van der Waals surface area (Å²) in [7, 11) is 0. The minimum atomic E-state index is -0.375. The summed E-state index contributed by atoms with van der Waals surface area (Å²) in [5, 5.41) is 12.3. The Morgan fingerprint density at radius 2 is 2.29 bits per heavy atom. The molecule has 0 spiro atoms. The van der Waals surface area contributed by atoms with Gasteiger partial charge in [0.1, 0.15) is 12.0 Å². The van der Waals surface area contributed by atoms with E-state index in [9.17, 15) is 14.9 Å². The van der Waals surface area contributed by atoms with E-state index < -0.39 is 0 Å². The molecule has 1 aromatic heterocycles. The number of benzene rings is 1. The number of thiazole rings is 1. The second-order valence-corrected chi connectivity index (χ2v) is 6.43. The molecule has 2 heterocycles. The van der Waals surface area contributed by atoms with Crippen molar-refractivity contribution in [2.24, 2.45) is 0 Å². The summed E-state index contributed by atoms with van der Waals surface area (Å²) >= 11 is 1.44. The van der Waals surface area contributed by atoms with Gasteiger partial charge in [0.2, 0.25) is 0 Å². The van der Waals surface area contributed by atoms with Gasteiger partial charge in [-0.05, 0) is 32.3 Å². The summed E-state index contributed by atoms with van der Waals surface area (Å²) in [6.07, 6.45) is 3.55. The average molecular weight is 305 g/mol. The van der Waals surface area contributed by atoms with Crippen molar-refractivity contribution >= 4 is 39.2 Å². The summed E-state index contributed by atoms with van der Waals surface area (Å²) in [4.78, 5) is 28.5. The highest BCUT2D eigenvalue weighted by Crippen LogP contribution is 2.37. The number of rotatable bonds is 3. The Kier molecular flexibility index (Phi) is 3.59. The second-order valence-electron chi connectivity index (χ2n) is 5.19. The van der Waals surface area contributed by atoms with Crippen LogP contribution in [-0.4, -0.2) is 28.8 Å². The number of aldehydes is 1. The standard InChI is InChI=1S/C14H15N3O3S/c1-9-15-11-6-12(13(17(19)20)7-14(11)21-9)16-5-3-2-4-10(16)8-18/h6-8,10H,2-5H2,1H3. The molecule has 1 unspecified atom stereocenters. The minimum absolute atomic E-state index is 0.0555. The fourth-order valence-corrected chi connectivity index (χ4v) is 3.68. The van der Waals surface area contributed by atoms with Crippen molar-refractivity contribution in [2.45, 2.75) is 32.2 Å². The zero-order chi connectivity index (χ0) is 15.0. The molecule has 1 aromatic carbocycles. The molecule has 1 saturated heterocycles. The lowest BCUT2D eigenvalue weighted by Crippen LogP contribution is -2.40. The maximum atomic E-state index is 11.4. The van der Waals surface area contributed by atoms with Crippen molar-refractivity contribution in [3.63, 3.8) is 0 Å². The van der Waals surface area contributed by atoms with Gasteiger partial charge in [-0.3, -0.25) is 10.1 Å². The Hall–Kier alpha value is -2.02. The molecule has 6 nitrogen and oxygen atoms in total. The number of nitrogens with zero attached hydrogens (tertiary/aromatic N) is 3. The van der Waals surface area contributed by atoms with Crippen LogP contribution in [0.1, 0.15) is 24.3 Å². The van der Waals surface area contributed by atoms with E-state index in [-0.39, 0.29) is 16.7 Å². The monoisotopic (exact) mass is 305 g/mol. The third-order valence-corrected chi connectivity index (χ3v) is 4.74. The molecule has 2 aromatic rings. The molecular formula is C14H15N3O3S. The molecule has 1 aliphatic heterocycles. The first kappa shape index (κ1) is 13.9. The Bertz CT molecular complexity index is 713. The third-order valence-electron chi connectivity index (χ3n) is 3.80. The number of nitro groups is 1. The Balaban J connectivity index is 2.16. The maximum Gasteiger partial charge on any atom is 0.294 e. The molecule has 1 aliphatic rings. The Labute approximate surface area is 125 Å². The van der Waals surface area contributed by atoms with E-state index in [1.54, 1.807) is 12.1 Å². The van der Waals surface area contributed by atoms with Crippen LogP contribution in [0, 0.1) is 17.0 Å². The smallest absolute Gasteiger partial charge is 0.294 e. The molecule has 0 N–H and O–H groups in total. The lowest BCUT2D eigenvalue weighted by Gasteiger charge is -2.33. The highest BCUT2D eigenvalue weighted by Gasteiger charge is 2.28. The largest absolute Gasteiger partial charge is 0.356 e. The molecule has 1 atom stereocenters. The van der Waals surface area contributed by atoms with E-state index in [0.29, 0.717) is 12.2 Å². The third kappa shape index (κ3) is 2.49. The lowest BCUT2D eigenvalue weighted by molar-refractivity contribution is -0.384. The molecule has 21 heavy (non-hydrogen) atoms. The average Bonchev–Trinajstić information content (AvgIpc) is 2.84. The van der Waals surface area contributed by atoms with E-state index in [2.05, 4.69) is 4.98 Å². The fraction of sp³-hybridized carbons (Fsp3) is 0.429. The van der Waals surface area contributed by atoms with E-state index in [1.165, 1.54) is 11.3 Å². The highest BCUT2D eigenvalue weighted by atomic mass is 32.1. The molecule has 1 fully saturated rings. The topological polar surface area (TPSA) is 76.3 Å². The predicted molar refractivity (Wildman–Crippen MR) is 82.1 cm³/mol. The number of nitro benzene ring substituents is 1. The van der Waals surface area contributed by atoms with Gasteiger partial charge in [-0.2, -0.15) is 0 Å². The van der Waals surface area contributed by atoms with Crippen molar-refractivity contribution in [1.82, 2.24) is 4.98 Å². The molecule has 3 rings (SSSR count). The van der Waals surface area contributed by atoms with E-state index >= 15 is 0 Å². The molecule has 0 aliphatic carbocycles.